The molecule has 0 radical (unpaired) electrons. The average molecular weight is 199 g/mol. The maximum Gasteiger partial charge on any atom is 0.160 e. The predicted octanol–water partition coefficient (Wildman–Crippen LogP) is 2.66. The van der Waals surface area contributed by atoms with Crippen molar-refractivity contribution in [3.63, 3.8) is 0 Å². The van der Waals surface area contributed by atoms with E-state index in [0.29, 0.717) is 5.92 Å². The van der Waals surface area contributed by atoms with Gasteiger partial charge in [-0.25, -0.2) is 9.97 Å². The van der Waals surface area contributed by atoms with Gasteiger partial charge in [-0.05, 0) is 24.1 Å². The van der Waals surface area contributed by atoms with Gasteiger partial charge in [0.15, 0.2) is 5.82 Å². The van der Waals surface area contributed by atoms with Gasteiger partial charge in [0.25, 0.3) is 0 Å². The molecule has 2 aromatic rings. The number of rotatable bonds is 2. The minimum Gasteiger partial charge on any atom is -0.264 e. The molecule has 0 spiro atoms. The largest absolute Gasteiger partial charge is 0.264 e. The Kier molecular flexibility index (Phi) is 2.72. The topological polar surface area (TPSA) is 38.7 Å². The van der Waals surface area contributed by atoms with Crippen LogP contribution in [-0.4, -0.2) is 15.0 Å². The molecule has 0 bridgehead atoms. The van der Waals surface area contributed by atoms with Crippen molar-refractivity contribution in [2.75, 3.05) is 0 Å². The molecular formula is C12H13N3. The van der Waals surface area contributed by atoms with Gasteiger partial charge in [0.05, 0.1) is 0 Å². The molecule has 0 amide bonds. The highest BCUT2D eigenvalue weighted by molar-refractivity contribution is 5.52. The highest BCUT2D eigenvalue weighted by Crippen LogP contribution is 2.16. The van der Waals surface area contributed by atoms with E-state index in [2.05, 4.69) is 28.8 Å². The Morgan fingerprint density at radius 2 is 2.00 bits per heavy atom. The zero-order valence-corrected chi connectivity index (χ0v) is 8.88. The molecule has 2 heterocycles. The molecule has 3 heteroatoms. The van der Waals surface area contributed by atoms with Crippen molar-refractivity contribution >= 4 is 0 Å². The quantitative estimate of drug-likeness (QED) is 0.746. The van der Waals surface area contributed by atoms with Crippen LogP contribution in [0.3, 0.4) is 0 Å². The van der Waals surface area contributed by atoms with Gasteiger partial charge in [-0.1, -0.05) is 13.8 Å². The van der Waals surface area contributed by atoms with Crippen molar-refractivity contribution in [2.45, 2.75) is 19.8 Å². The van der Waals surface area contributed by atoms with Crippen LogP contribution in [0.2, 0.25) is 0 Å². The van der Waals surface area contributed by atoms with Crippen molar-refractivity contribution in [3.05, 3.63) is 42.5 Å². The van der Waals surface area contributed by atoms with Crippen molar-refractivity contribution in [3.8, 4) is 11.4 Å². The zero-order chi connectivity index (χ0) is 10.7. The van der Waals surface area contributed by atoms with Gasteiger partial charge in [-0.15, -0.1) is 0 Å². The van der Waals surface area contributed by atoms with Gasteiger partial charge in [-0.2, -0.15) is 0 Å². The van der Waals surface area contributed by atoms with Gasteiger partial charge < -0.3 is 0 Å². The summed E-state index contributed by atoms with van der Waals surface area (Å²) < 4.78 is 0. The summed E-state index contributed by atoms with van der Waals surface area (Å²) in [7, 11) is 0. The Labute approximate surface area is 89.2 Å². The highest BCUT2D eigenvalue weighted by atomic mass is 14.9. The van der Waals surface area contributed by atoms with Crippen LogP contribution in [-0.2, 0) is 0 Å². The highest BCUT2D eigenvalue weighted by Gasteiger charge is 2.04. The third kappa shape index (κ3) is 2.18. The standard InChI is InChI=1S/C12H13N3/c1-9(2)11-5-7-14-12(15-11)10-4-3-6-13-8-10/h3-9H,1-2H3. The molecule has 3 nitrogen and oxygen atoms in total. The molecule has 0 unspecified atom stereocenters. The number of nitrogens with zero attached hydrogens (tertiary/aromatic N) is 3. The molecule has 0 fully saturated rings. The smallest absolute Gasteiger partial charge is 0.160 e. The van der Waals surface area contributed by atoms with Gasteiger partial charge in [-0.3, -0.25) is 4.98 Å². The lowest BCUT2D eigenvalue weighted by molar-refractivity contribution is 0.816. The molecule has 2 rings (SSSR count). The maximum absolute atomic E-state index is 4.49. The van der Waals surface area contributed by atoms with E-state index in [0.717, 1.165) is 17.1 Å². The maximum atomic E-state index is 4.49. The number of aromatic nitrogens is 3. The van der Waals surface area contributed by atoms with Gasteiger partial charge >= 0.3 is 0 Å². The summed E-state index contributed by atoms with van der Waals surface area (Å²) in [4.78, 5) is 12.8. The van der Waals surface area contributed by atoms with Crippen molar-refractivity contribution in [1.29, 1.82) is 0 Å². The van der Waals surface area contributed by atoms with Crippen LogP contribution >= 0.6 is 0 Å². The molecule has 76 valence electrons. The van der Waals surface area contributed by atoms with Crippen molar-refractivity contribution in [2.24, 2.45) is 0 Å². The summed E-state index contributed by atoms with van der Waals surface area (Å²) in [6.07, 6.45) is 5.32. The lowest BCUT2D eigenvalue weighted by Crippen LogP contribution is -1.96. The van der Waals surface area contributed by atoms with Crippen LogP contribution in [0.4, 0.5) is 0 Å². The lowest BCUT2D eigenvalue weighted by Gasteiger charge is -2.05. The third-order valence-electron chi connectivity index (χ3n) is 2.19. The first kappa shape index (κ1) is 9.77. The average Bonchev–Trinajstić information content (AvgIpc) is 2.30. The Hall–Kier alpha value is -1.77. The molecule has 2 aromatic heterocycles. The SMILES string of the molecule is CC(C)c1ccnc(-c2cccnc2)n1. The fourth-order valence-corrected chi connectivity index (χ4v) is 1.33. The van der Waals surface area contributed by atoms with E-state index in [9.17, 15) is 0 Å². The van der Waals surface area contributed by atoms with E-state index in [1.807, 2.05) is 18.2 Å². The Morgan fingerprint density at radius 3 is 2.67 bits per heavy atom. The fraction of sp³-hybridized carbons (Fsp3) is 0.250. The minimum atomic E-state index is 0.420. The molecule has 0 aliphatic carbocycles. The van der Waals surface area contributed by atoms with Gasteiger partial charge in [0.2, 0.25) is 0 Å². The summed E-state index contributed by atoms with van der Waals surface area (Å²) in [6, 6.07) is 5.80. The summed E-state index contributed by atoms with van der Waals surface area (Å²) in [5, 5.41) is 0. The van der Waals surface area contributed by atoms with Crippen molar-refractivity contribution < 1.29 is 0 Å². The predicted molar refractivity (Wildman–Crippen MR) is 59.4 cm³/mol. The first-order valence-electron chi connectivity index (χ1n) is 5.00. The fourth-order valence-electron chi connectivity index (χ4n) is 1.33. The van der Waals surface area contributed by atoms with E-state index < -0.39 is 0 Å². The number of pyridine rings is 1. The Morgan fingerprint density at radius 1 is 1.13 bits per heavy atom. The normalized spacial score (nSPS) is 10.6. The zero-order valence-electron chi connectivity index (χ0n) is 8.88. The van der Waals surface area contributed by atoms with Crippen molar-refractivity contribution in [1.82, 2.24) is 15.0 Å². The van der Waals surface area contributed by atoms with Crippen LogP contribution in [0.5, 0.6) is 0 Å². The summed E-state index contributed by atoms with van der Waals surface area (Å²) >= 11 is 0. The van der Waals surface area contributed by atoms with Crippen LogP contribution in [0, 0.1) is 0 Å². The molecular weight excluding hydrogens is 186 g/mol. The van der Waals surface area contributed by atoms with E-state index in [-0.39, 0.29) is 0 Å². The lowest BCUT2D eigenvalue weighted by atomic mass is 10.1. The Balaban J connectivity index is 2.42. The summed E-state index contributed by atoms with van der Waals surface area (Å²) in [5.41, 5.74) is 2.02. The molecule has 0 aromatic carbocycles. The van der Waals surface area contributed by atoms with Gasteiger partial charge in [0.1, 0.15) is 0 Å². The van der Waals surface area contributed by atoms with Crippen LogP contribution in [0.25, 0.3) is 11.4 Å². The van der Waals surface area contributed by atoms with E-state index in [4.69, 9.17) is 0 Å². The van der Waals surface area contributed by atoms with Crippen LogP contribution in [0.1, 0.15) is 25.5 Å². The molecule has 0 N–H and O–H groups in total. The van der Waals surface area contributed by atoms with Crippen LogP contribution in [0.15, 0.2) is 36.8 Å². The second-order valence-electron chi connectivity index (χ2n) is 3.70. The molecule has 0 saturated heterocycles. The summed E-state index contributed by atoms with van der Waals surface area (Å²) in [5.74, 6) is 1.16. The second kappa shape index (κ2) is 4.17. The molecule has 0 aliphatic rings. The van der Waals surface area contributed by atoms with Crippen LogP contribution < -0.4 is 0 Å². The van der Waals surface area contributed by atoms with E-state index >= 15 is 0 Å². The van der Waals surface area contributed by atoms with E-state index in [1.54, 1.807) is 18.6 Å². The number of hydrogen-bond donors (Lipinski definition) is 0. The summed E-state index contributed by atoms with van der Waals surface area (Å²) in [6.45, 7) is 4.24. The van der Waals surface area contributed by atoms with E-state index in [1.165, 1.54) is 0 Å². The van der Waals surface area contributed by atoms with Gasteiger partial charge in [0, 0.05) is 29.8 Å². The monoisotopic (exact) mass is 199 g/mol. The Bertz CT molecular complexity index is 438. The molecule has 0 atom stereocenters. The molecule has 15 heavy (non-hydrogen) atoms. The first-order chi connectivity index (χ1) is 7.27. The molecule has 0 aliphatic heterocycles. The third-order valence-corrected chi connectivity index (χ3v) is 2.19. The second-order valence-corrected chi connectivity index (χ2v) is 3.70. The number of hydrogen-bond acceptors (Lipinski definition) is 3. The minimum absolute atomic E-state index is 0.420. The first-order valence-corrected chi connectivity index (χ1v) is 5.00. The molecule has 0 saturated carbocycles.